The summed E-state index contributed by atoms with van der Waals surface area (Å²) in [6.07, 6.45) is 0. The SMILES string of the molecule is Oc1ccccc1.Oc1ccccc1.Oc1ccccc1.[Nd]. The number of aromatic hydroxyl groups is 3. The molecule has 0 spiro atoms. The molecule has 0 saturated heterocycles. The van der Waals surface area contributed by atoms with Crippen LogP contribution >= 0.6 is 0 Å². The molecule has 0 aliphatic heterocycles. The third-order valence-corrected chi connectivity index (χ3v) is 2.27. The summed E-state index contributed by atoms with van der Waals surface area (Å²) < 4.78 is 0. The van der Waals surface area contributed by atoms with Gasteiger partial charge in [0.2, 0.25) is 0 Å². The summed E-state index contributed by atoms with van der Waals surface area (Å²) in [6, 6.07) is 26.1. The number of phenols is 3. The van der Waals surface area contributed by atoms with Gasteiger partial charge < -0.3 is 15.3 Å². The summed E-state index contributed by atoms with van der Waals surface area (Å²) in [4.78, 5) is 0. The van der Waals surface area contributed by atoms with Crippen molar-refractivity contribution in [1.82, 2.24) is 0 Å². The Morgan fingerprint density at radius 3 is 0.636 bits per heavy atom. The minimum absolute atomic E-state index is 0. The molecule has 0 saturated carbocycles. The van der Waals surface area contributed by atoms with Gasteiger partial charge >= 0.3 is 0 Å². The normalized spacial score (nSPS) is 8.18. The molecule has 0 fully saturated rings. The predicted molar refractivity (Wildman–Crippen MR) is 84.3 cm³/mol. The van der Waals surface area contributed by atoms with E-state index in [9.17, 15) is 0 Å². The van der Waals surface area contributed by atoms with Crippen LogP contribution in [0.5, 0.6) is 17.2 Å². The number of hydrogen-bond donors (Lipinski definition) is 3. The molecule has 3 nitrogen and oxygen atoms in total. The quantitative estimate of drug-likeness (QED) is 0.505. The Bertz CT molecular complexity index is 497. The third-order valence-electron chi connectivity index (χ3n) is 2.27. The zero-order valence-electron chi connectivity index (χ0n) is 12.0. The van der Waals surface area contributed by atoms with Crippen LogP contribution in [-0.4, -0.2) is 15.3 Å². The van der Waals surface area contributed by atoms with Gasteiger partial charge in [0.25, 0.3) is 0 Å². The zero-order valence-corrected chi connectivity index (χ0v) is 15.2. The van der Waals surface area contributed by atoms with Gasteiger partial charge in [0.05, 0.1) is 0 Å². The van der Waals surface area contributed by atoms with Crippen LogP contribution in [0.1, 0.15) is 0 Å². The molecular weight excluding hydrogens is 408 g/mol. The summed E-state index contributed by atoms with van der Waals surface area (Å²) in [5, 5.41) is 25.9. The Morgan fingerprint density at radius 1 is 0.364 bits per heavy atom. The van der Waals surface area contributed by atoms with E-state index in [0.717, 1.165) is 0 Å². The van der Waals surface area contributed by atoms with Crippen LogP contribution in [0.2, 0.25) is 0 Å². The molecule has 0 atom stereocenters. The average molecular weight is 427 g/mol. The van der Waals surface area contributed by atoms with Crippen LogP contribution in [0.15, 0.2) is 91.0 Å². The van der Waals surface area contributed by atoms with Gasteiger partial charge in [-0.2, -0.15) is 0 Å². The maximum absolute atomic E-state index is 8.63. The number of para-hydroxylation sites is 3. The standard InChI is InChI=1S/3C6H6O.Nd/c3*7-6-4-2-1-3-5-6;/h3*1-5,7H;. The van der Waals surface area contributed by atoms with Gasteiger partial charge in [0.15, 0.2) is 0 Å². The number of hydrogen-bond acceptors (Lipinski definition) is 3. The minimum Gasteiger partial charge on any atom is -0.508 e. The second kappa shape index (κ2) is 13.1. The zero-order chi connectivity index (χ0) is 15.3. The summed E-state index contributed by atoms with van der Waals surface area (Å²) in [5.41, 5.74) is 0. The number of rotatable bonds is 0. The molecule has 4 heteroatoms. The Labute approximate surface area is 163 Å². The van der Waals surface area contributed by atoms with Crippen LogP contribution in [0, 0.1) is 40.8 Å². The molecule has 0 unspecified atom stereocenters. The summed E-state index contributed by atoms with van der Waals surface area (Å²) in [6.45, 7) is 0. The molecule has 3 aromatic carbocycles. The van der Waals surface area contributed by atoms with Gasteiger partial charge in [-0.05, 0) is 36.4 Å². The first-order valence-corrected chi connectivity index (χ1v) is 6.40. The molecular formula is C18H18NdO3. The smallest absolute Gasteiger partial charge is 0.115 e. The van der Waals surface area contributed by atoms with Gasteiger partial charge in [0, 0.05) is 40.8 Å². The molecule has 0 aromatic heterocycles. The van der Waals surface area contributed by atoms with Crippen LogP contribution in [-0.2, 0) is 0 Å². The van der Waals surface area contributed by atoms with Crippen LogP contribution in [0.3, 0.4) is 0 Å². The van der Waals surface area contributed by atoms with Crippen molar-refractivity contribution in [3.63, 3.8) is 0 Å². The van der Waals surface area contributed by atoms with Crippen molar-refractivity contribution in [2.45, 2.75) is 0 Å². The van der Waals surface area contributed by atoms with E-state index >= 15 is 0 Å². The fourth-order valence-corrected chi connectivity index (χ4v) is 1.28. The summed E-state index contributed by atoms with van der Waals surface area (Å²) in [5.74, 6) is 0.965. The van der Waals surface area contributed by atoms with Gasteiger partial charge in [0.1, 0.15) is 17.2 Å². The first-order chi connectivity index (χ1) is 10.2. The van der Waals surface area contributed by atoms with E-state index in [4.69, 9.17) is 15.3 Å². The van der Waals surface area contributed by atoms with Crippen LogP contribution < -0.4 is 0 Å². The molecule has 0 aliphatic rings. The Hall–Kier alpha value is -1.59. The van der Waals surface area contributed by atoms with Crippen LogP contribution in [0.25, 0.3) is 0 Å². The van der Waals surface area contributed by atoms with Crippen molar-refractivity contribution in [1.29, 1.82) is 0 Å². The van der Waals surface area contributed by atoms with Crippen molar-refractivity contribution in [3.05, 3.63) is 91.0 Å². The molecule has 112 valence electrons. The number of phenolic OH excluding ortho intramolecular Hbond substituents is 3. The van der Waals surface area contributed by atoms with E-state index < -0.39 is 0 Å². The maximum atomic E-state index is 8.63. The Morgan fingerprint density at radius 2 is 0.545 bits per heavy atom. The second-order valence-electron chi connectivity index (χ2n) is 4.01. The van der Waals surface area contributed by atoms with E-state index in [0.29, 0.717) is 17.2 Å². The minimum atomic E-state index is 0. The molecule has 3 N–H and O–H groups in total. The monoisotopic (exact) mass is 424 g/mol. The molecule has 3 aromatic rings. The van der Waals surface area contributed by atoms with E-state index in [2.05, 4.69) is 0 Å². The second-order valence-corrected chi connectivity index (χ2v) is 4.01. The van der Waals surface area contributed by atoms with E-state index in [-0.39, 0.29) is 40.8 Å². The fourth-order valence-electron chi connectivity index (χ4n) is 1.28. The van der Waals surface area contributed by atoms with Crippen LogP contribution in [0.4, 0.5) is 0 Å². The van der Waals surface area contributed by atoms with Gasteiger partial charge in [-0.25, -0.2) is 0 Å². The van der Waals surface area contributed by atoms with E-state index in [1.165, 1.54) is 0 Å². The maximum Gasteiger partial charge on any atom is 0.115 e. The first kappa shape index (κ1) is 20.4. The fraction of sp³-hybridized carbons (Fsp3) is 0. The Balaban J connectivity index is 0.000000294. The van der Waals surface area contributed by atoms with Crippen molar-refractivity contribution < 1.29 is 56.2 Å². The molecule has 0 heterocycles. The first-order valence-electron chi connectivity index (χ1n) is 6.40. The molecule has 3 rings (SSSR count). The van der Waals surface area contributed by atoms with Gasteiger partial charge in [-0.1, -0.05) is 54.6 Å². The van der Waals surface area contributed by atoms with E-state index in [1.807, 2.05) is 18.2 Å². The van der Waals surface area contributed by atoms with Crippen molar-refractivity contribution in [2.75, 3.05) is 0 Å². The molecule has 0 aliphatic carbocycles. The molecule has 0 amide bonds. The van der Waals surface area contributed by atoms with Crippen molar-refractivity contribution in [3.8, 4) is 17.2 Å². The largest absolute Gasteiger partial charge is 0.508 e. The van der Waals surface area contributed by atoms with Crippen molar-refractivity contribution in [2.24, 2.45) is 0 Å². The molecule has 22 heavy (non-hydrogen) atoms. The topological polar surface area (TPSA) is 60.7 Å². The summed E-state index contributed by atoms with van der Waals surface area (Å²) >= 11 is 0. The average Bonchev–Trinajstić information content (AvgIpc) is 2.51. The Kier molecular flexibility index (Phi) is 12.2. The van der Waals surface area contributed by atoms with Crippen molar-refractivity contribution >= 4 is 0 Å². The molecule has 0 radical (unpaired) electrons. The van der Waals surface area contributed by atoms with Gasteiger partial charge in [-0.3, -0.25) is 0 Å². The third kappa shape index (κ3) is 11.1. The molecule has 0 bridgehead atoms. The van der Waals surface area contributed by atoms with Gasteiger partial charge in [-0.15, -0.1) is 0 Å². The predicted octanol–water partition coefficient (Wildman–Crippen LogP) is 4.18. The van der Waals surface area contributed by atoms with E-state index in [1.54, 1.807) is 72.8 Å². The number of benzene rings is 3. The summed E-state index contributed by atoms with van der Waals surface area (Å²) in [7, 11) is 0.